The number of rotatable bonds is 4. The van der Waals surface area contributed by atoms with Crippen molar-refractivity contribution in [3.05, 3.63) is 34.4 Å². The summed E-state index contributed by atoms with van der Waals surface area (Å²) in [6.07, 6.45) is 1.09. The van der Waals surface area contributed by atoms with Crippen molar-refractivity contribution in [2.24, 2.45) is 0 Å². The predicted octanol–water partition coefficient (Wildman–Crippen LogP) is 1.19. The number of hydrogen-bond acceptors (Lipinski definition) is 5. The molecule has 0 amide bonds. The molecule has 0 saturated heterocycles. The predicted molar refractivity (Wildman–Crippen MR) is 67.5 cm³/mol. The number of nitrogens with one attached hydrogen (secondary N) is 1. The van der Waals surface area contributed by atoms with Crippen LogP contribution in [0.2, 0.25) is 0 Å². The van der Waals surface area contributed by atoms with E-state index in [1.165, 1.54) is 16.3 Å². The third-order valence-electron chi connectivity index (χ3n) is 2.48. The monoisotopic (exact) mass is 266 g/mol. The van der Waals surface area contributed by atoms with Gasteiger partial charge in [0.1, 0.15) is 5.03 Å². The molecule has 0 aliphatic rings. The minimum Gasteiger partial charge on any atom is -0.389 e. The van der Waals surface area contributed by atoms with Crippen LogP contribution in [-0.2, 0) is 6.54 Å². The molecule has 0 saturated carbocycles. The molecule has 96 valence electrons. The van der Waals surface area contributed by atoms with Crippen LogP contribution in [0.4, 0.5) is 0 Å². The Morgan fingerprint density at radius 1 is 1.56 bits per heavy atom. The van der Waals surface area contributed by atoms with Gasteiger partial charge in [-0.3, -0.25) is 4.57 Å². The molecule has 2 aromatic heterocycles. The molecule has 1 unspecified atom stereocenters. The van der Waals surface area contributed by atoms with Crippen molar-refractivity contribution in [3.63, 3.8) is 0 Å². The highest BCUT2D eigenvalue weighted by Gasteiger charge is 2.09. The Morgan fingerprint density at radius 3 is 2.89 bits per heavy atom. The lowest BCUT2D eigenvalue weighted by Crippen LogP contribution is -2.16. The van der Waals surface area contributed by atoms with E-state index in [1.807, 2.05) is 6.92 Å². The first-order valence-corrected chi connectivity index (χ1v) is 6.40. The second-order valence-electron chi connectivity index (χ2n) is 3.76. The summed E-state index contributed by atoms with van der Waals surface area (Å²) in [6.45, 7) is 4.13. The summed E-state index contributed by atoms with van der Waals surface area (Å²) in [6, 6.07) is 3.60. The molecule has 0 aromatic carbocycles. The van der Waals surface area contributed by atoms with Crippen molar-refractivity contribution in [1.82, 2.24) is 19.7 Å². The first kappa shape index (κ1) is 12.8. The van der Waals surface area contributed by atoms with Crippen LogP contribution in [0, 0.1) is 0 Å². The maximum Gasteiger partial charge on any atom is 0.343 e. The Labute approximate surface area is 108 Å². The minimum atomic E-state index is -0.532. The van der Waals surface area contributed by atoms with E-state index in [-0.39, 0.29) is 5.69 Å². The molecule has 2 rings (SSSR count). The third-order valence-corrected chi connectivity index (χ3v) is 3.42. The topological polar surface area (TPSA) is 83.8 Å². The van der Waals surface area contributed by atoms with Crippen LogP contribution < -0.4 is 5.69 Å². The zero-order chi connectivity index (χ0) is 13.1. The number of aliphatic hydroxyl groups excluding tert-OH is 1. The second-order valence-corrected chi connectivity index (χ2v) is 4.75. The van der Waals surface area contributed by atoms with Gasteiger partial charge >= 0.3 is 5.69 Å². The van der Waals surface area contributed by atoms with E-state index in [1.54, 1.807) is 25.3 Å². The van der Waals surface area contributed by atoms with Gasteiger partial charge in [0.05, 0.1) is 6.10 Å². The number of pyridine rings is 1. The van der Waals surface area contributed by atoms with E-state index in [4.69, 9.17) is 0 Å². The molecule has 2 heterocycles. The largest absolute Gasteiger partial charge is 0.389 e. The number of H-pyrrole nitrogens is 1. The summed E-state index contributed by atoms with van der Waals surface area (Å²) in [5.74, 6) is 0. The fourth-order valence-electron chi connectivity index (χ4n) is 1.45. The molecule has 0 fully saturated rings. The fourth-order valence-corrected chi connectivity index (χ4v) is 2.29. The van der Waals surface area contributed by atoms with E-state index in [9.17, 15) is 9.90 Å². The number of aromatic amines is 1. The van der Waals surface area contributed by atoms with Gasteiger partial charge in [-0.25, -0.2) is 14.9 Å². The molecular weight excluding hydrogens is 252 g/mol. The van der Waals surface area contributed by atoms with Crippen molar-refractivity contribution < 1.29 is 5.11 Å². The first-order chi connectivity index (χ1) is 8.61. The molecule has 0 radical (unpaired) electrons. The SMILES string of the molecule is CCn1c(Sc2ccc(C(C)O)cn2)n[nH]c1=O. The molecule has 1 atom stereocenters. The van der Waals surface area contributed by atoms with E-state index in [0.717, 1.165) is 10.6 Å². The van der Waals surface area contributed by atoms with E-state index < -0.39 is 6.10 Å². The molecular formula is C11H14N4O2S. The van der Waals surface area contributed by atoms with Gasteiger partial charge in [0.25, 0.3) is 0 Å². The van der Waals surface area contributed by atoms with Gasteiger partial charge in [0, 0.05) is 12.7 Å². The van der Waals surface area contributed by atoms with Crippen molar-refractivity contribution in [3.8, 4) is 0 Å². The summed E-state index contributed by atoms with van der Waals surface area (Å²) >= 11 is 1.31. The van der Waals surface area contributed by atoms with Gasteiger partial charge in [0.15, 0.2) is 5.16 Å². The lowest BCUT2D eigenvalue weighted by atomic mass is 10.2. The fraction of sp³-hybridized carbons (Fsp3) is 0.364. The van der Waals surface area contributed by atoms with Crippen LogP contribution in [0.15, 0.2) is 33.3 Å². The zero-order valence-electron chi connectivity index (χ0n) is 10.1. The summed E-state index contributed by atoms with van der Waals surface area (Å²) in [5, 5.41) is 17.0. The second kappa shape index (κ2) is 5.36. The zero-order valence-corrected chi connectivity index (χ0v) is 10.9. The molecule has 7 heteroatoms. The third kappa shape index (κ3) is 2.62. The van der Waals surface area contributed by atoms with Gasteiger partial charge < -0.3 is 5.11 Å². The van der Waals surface area contributed by atoms with Gasteiger partial charge in [-0.1, -0.05) is 6.07 Å². The summed E-state index contributed by atoms with van der Waals surface area (Å²) in [5.41, 5.74) is 0.537. The van der Waals surface area contributed by atoms with Crippen LogP contribution in [0.25, 0.3) is 0 Å². The maximum absolute atomic E-state index is 11.4. The molecule has 2 N–H and O–H groups in total. The quantitative estimate of drug-likeness (QED) is 0.868. The smallest absolute Gasteiger partial charge is 0.343 e. The average molecular weight is 266 g/mol. The lowest BCUT2D eigenvalue weighted by Gasteiger charge is -2.05. The summed E-state index contributed by atoms with van der Waals surface area (Å²) < 4.78 is 1.54. The number of nitrogens with zero attached hydrogens (tertiary/aromatic N) is 3. The number of aromatic nitrogens is 4. The molecule has 18 heavy (non-hydrogen) atoms. The van der Waals surface area contributed by atoms with Gasteiger partial charge in [-0.05, 0) is 37.2 Å². The molecule has 2 aromatic rings. The van der Waals surface area contributed by atoms with Gasteiger partial charge in [0.2, 0.25) is 0 Å². The first-order valence-electron chi connectivity index (χ1n) is 5.59. The Balaban J connectivity index is 2.21. The molecule has 0 bridgehead atoms. The van der Waals surface area contributed by atoms with Crippen LogP contribution >= 0.6 is 11.8 Å². The summed E-state index contributed by atoms with van der Waals surface area (Å²) in [7, 11) is 0. The molecule has 0 aliphatic heterocycles. The van der Waals surface area contributed by atoms with E-state index >= 15 is 0 Å². The van der Waals surface area contributed by atoms with Crippen LogP contribution in [0.5, 0.6) is 0 Å². The standard InChI is InChI=1S/C11H14N4O2S/c1-3-15-10(17)13-14-11(15)18-9-5-4-8(6-12-9)7(2)16/h4-7,16H,3H2,1-2H3,(H,13,17). The molecule has 0 aliphatic carbocycles. The molecule has 6 nitrogen and oxygen atoms in total. The lowest BCUT2D eigenvalue weighted by molar-refractivity contribution is 0.198. The average Bonchev–Trinajstić information content (AvgIpc) is 2.70. The maximum atomic E-state index is 11.4. The van der Waals surface area contributed by atoms with Crippen molar-refractivity contribution in [2.75, 3.05) is 0 Å². The van der Waals surface area contributed by atoms with Crippen molar-refractivity contribution in [1.29, 1.82) is 0 Å². The van der Waals surface area contributed by atoms with E-state index in [2.05, 4.69) is 15.2 Å². The Kier molecular flexibility index (Phi) is 3.83. The normalized spacial score (nSPS) is 12.6. The Morgan fingerprint density at radius 2 is 2.33 bits per heavy atom. The van der Waals surface area contributed by atoms with Crippen molar-refractivity contribution in [2.45, 2.75) is 36.7 Å². The van der Waals surface area contributed by atoms with Gasteiger partial charge in [-0.15, -0.1) is 5.10 Å². The van der Waals surface area contributed by atoms with Crippen LogP contribution in [0.3, 0.4) is 0 Å². The highest BCUT2D eigenvalue weighted by molar-refractivity contribution is 7.99. The Hall–Kier alpha value is -1.60. The number of aliphatic hydroxyl groups is 1. The van der Waals surface area contributed by atoms with Crippen LogP contribution in [0.1, 0.15) is 25.5 Å². The van der Waals surface area contributed by atoms with Gasteiger partial charge in [-0.2, -0.15) is 0 Å². The minimum absolute atomic E-state index is 0.222. The highest BCUT2D eigenvalue weighted by atomic mass is 32.2. The Bertz CT molecular complexity index is 573. The molecule has 0 spiro atoms. The van der Waals surface area contributed by atoms with E-state index in [0.29, 0.717) is 11.7 Å². The number of hydrogen-bond donors (Lipinski definition) is 2. The van der Waals surface area contributed by atoms with Crippen LogP contribution in [-0.4, -0.2) is 24.9 Å². The highest BCUT2D eigenvalue weighted by Crippen LogP contribution is 2.23. The van der Waals surface area contributed by atoms with Crippen molar-refractivity contribution >= 4 is 11.8 Å². The summed E-state index contributed by atoms with van der Waals surface area (Å²) in [4.78, 5) is 15.6.